The standard InChI is InChI=1S/C18H19FN2O2/c1-3-17(20-21-18(22)23-4-2)14-11-9-13(10-12-14)15-7-5-6-8-16(15)19/h5-12H,3-4H2,1-2H3,(H,21,22)/b20-17-. The van der Waals surface area contributed by atoms with E-state index in [4.69, 9.17) is 4.74 Å². The van der Waals surface area contributed by atoms with Crippen LogP contribution in [-0.4, -0.2) is 18.4 Å². The summed E-state index contributed by atoms with van der Waals surface area (Å²) in [5.41, 5.74) is 5.29. The molecule has 0 bridgehead atoms. The molecule has 0 fully saturated rings. The summed E-state index contributed by atoms with van der Waals surface area (Å²) in [6.45, 7) is 3.96. The van der Waals surface area contributed by atoms with Crippen LogP contribution in [0.1, 0.15) is 25.8 Å². The Kier molecular flexibility index (Phi) is 5.86. The van der Waals surface area contributed by atoms with Gasteiger partial charge in [-0.2, -0.15) is 5.10 Å². The van der Waals surface area contributed by atoms with Gasteiger partial charge in [-0.1, -0.05) is 49.4 Å². The molecule has 2 aromatic rings. The number of carbonyl (C=O) groups excluding carboxylic acids is 1. The lowest BCUT2D eigenvalue weighted by molar-refractivity contribution is 0.152. The molecule has 0 radical (unpaired) electrons. The van der Waals surface area contributed by atoms with Crippen LogP contribution in [0.3, 0.4) is 0 Å². The Morgan fingerprint density at radius 1 is 1.13 bits per heavy atom. The van der Waals surface area contributed by atoms with E-state index >= 15 is 0 Å². The highest BCUT2D eigenvalue weighted by Crippen LogP contribution is 2.23. The molecule has 0 saturated heterocycles. The second-order valence-corrected chi connectivity index (χ2v) is 4.80. The van der Waals surface area contributed by atoms with Gasteiger partial charge in [-0.3, -0.25) is 0 Å². The van der Waals surface area contributed by atoms with Crippen LogP contribution in [0.2, 0.25) is 0 Å². The van der Waals surface area contributed by atoms with Gasteiger partial charge in [0.05, 0.1) is 12.3 Å². The first-order valence-corrected chi connectivity index (χ1v) is 7.50. The molecule has 0 unspecified atom stereocenters. The number of carbonyl (C=O) groups is 1. The molecule has 120 valence electrons. The average molecular weight is 314 g/mol. The molecular weight excluding hydrogens is 295 g/mol. The summed E-state index contributed by atoms with van der Waals surface area (Å²) < 4.78 is 18.6. The second-order valence-electron chi connectivity index (χ2n) is 4.80. The molecule has 0 spiro atoms. The van der Waals surface area contributed by atoms with Gasteiger partial charge in [0.2, 0.25) is 0 Å². The molecule has 0 aliphatic rings. The molecule has 2 aromatic carbocycles. The maximum atomic E-state index is 13.8. The van der Waals surface area contributed by atoms with E-state index in [2.05, 4.69) is 10.5 Å². The summed E-state index contributed by atoms with van der Waals surface area (Å²) in [5, 5.41) is 4.07. The van der Waals surface area contributed by atoms with Gasteiger partial charge in [0.15, 0.2) is 0 Å². The number of nitrogens with one attached hydrogen (secondary N) is 1. The number of hydrogen-bond acceptors (Lipinski definition) is 3. The number of rotatable bonds is 5. The maximum absolute atomic E-state index is 13.8. The SMILES string of the molecule is CCOC(=O)N/N=C(/CC)c1ccc(-c2ccccc2F)cc1. The van der Waals surface area contributed by atoms with Crippen LogP contribution in [0.25, 0.3) is 11.1 Å². The fourth-order valence-electron chi connectivity index (χ4n) is 2.16. The molecule has 2 rings (SSSR count). The smallest absolute Gasteiger partial charge is 0.427 e. The minimum absolute atomic E-state index is 0.256. The van der Waals surface area contributed by atoms with Crippen molar-refractivity contribution in [1.29, 1.82) is 0 Å². The van der Waals surface area contributed by atoms with Crippen LogP contribution >= 0.6 is 0 Å². The zero-order chi connectivity index (χ0) is 16.7. The highest BCUT2D eigenvalue weighted by atomic mass is 19.1. The van der Waals surface area contributed by atoms with E-state index in [-0.39, 0.29) is 5.82 Å². The highest BCUT2D eigenvalue weighted by molar-refractivity contribution is 6.01. The first kappa shape index (κ1) is 16.7. The predicted molar refractivity (Wildman–Crippen MR) is 88.8 cm³/mol. The zero-order valence-electron chi connectivity index (χ0n) is 13.2. The number of benzene rings is 2. The summed E-state index contributed by atoms with van der Waals surface area (Å²) in [4.78, 5) is 11.3. The fourth-order valence-corrected chi connectivity index (χ4v) is 2.16. The molecular formula is C18H19FN2O2. The van der Waals surface area contributed by atoms with E-state index in [1.165, 1.54) is 6.07 Å². The van der Waals surface area contributed by atoms with Crippen molar-refractivity contribution in [3.05, 3.63) is 59.9 Å². The van der Waals surface area contributed by atoms with E-state index in [0.29, 0.717) is 18.6 Å². The van der Waals surface area contributed by atoms with Crippen molar-refractivity contribution >= 4 is 11.8 Å². The van der Waals surface area contributed by atoms with Crippen LogP contribution in [0, 0.1) is 5.82 Å². The minimum Gasteiger partial charge on any atom is -0.449 e. The van der Waals surface area contributed by atoms with Crippen LogP contribution in [0.5, 0.6) is 0 Å². The number of ether oxygens (including phenoxy) is 1. The Morgan fingerprint density at radius 2 is 1.83 bits per heavy atom. The molecule has 1 N–H and O–H groups in total. The third kappa shape index (κ3) is 4.39. The van der Waals surface area contributed by atoms with E-state index in [1.807, 2.05) is 31.2 Å². The quantitative estimate of drug-likeness (QED) is 0.659. The van der Waals surface area contributed by atoms with Gasteiger partial charge in [-0.05, 0) is 30.5 Å². The first-order chi connectivity index (χ1) is 11.2. The molecule has 23 heavy (non-hydrogen) atoms. The topological polar surface area (TPSA) is 50.7 Å². The Labute approximate surface area is 135 Å². The number of hydrogen-bond donors (Lipinski definition) is 1. The Hall–Kier alpha value is -2.69. The van der Waals surface area contributed by atoms with E-state index < -0.39 is 6.09 Å². The number of hydrazone groups is 1. The summed E-state index contributed by atoms with van der Waals surface area (Å²) in [7, 11) is 0. The Bertz CT molecular complexity index is 696. The van der Waals surface area contributed by atoms with Gasteiger partial charge in [-0.25, -0.2) is 14.6 Å². The molecule has 0 atom stereocenters. The molecule has 1 amide bonds. The van der Waals surface area contributed by atoms with E-state index in [1.54, 1.807) is 25.1 Å². The van der Waals surface area contributed by atoms with Crippen LogP contribution in [0.15, 0.2) is 53.6 Å². The Morgan fingerprint density at radius 3 is 2.43 bits per heavy atom. The first-order valence-electron chi connectivity index (χ1n) is 7.50. The molecule has 0 aromatic heterocycles. The fraction of sp³-hybridized carbons (Fsp3) is 0.222. The van der Waals surface area contributed by atoms with Crippen molar-refractivity contribution < 1.29 is 13.9 Å². The molecule has 0 aliphatic heterocycles. The van der Waals surface area contributed by atoms with Gasteiger partial charge < -0.3 is 4.74 Å². The molecule has 0 aliphatic carbocycles. The van der Waals surface area contributed by atoms with Gasteiger partial charge in [-0.15, -0.1) is 0 Å². The number of nitrogens with zero attached hydrogens (tertiary/aromatic N) is 1. The lowest BCUT2D eigenvalue weighted by atomic mass is 10.0. The summed E-state index contributed by atoms with van der Waals surface area (Å²) in [6, 6.07) is 14.0. The Balaban J connectivity index is 2.19. The molecule has 4 nitrogen and oxygen atoms in total. The zero-order valence-corrected chi connectivity index (χ0v) is 13.2. The van der Waals surface area contributed by atoms with Crippen LogP contribution < -0.4 is 5.43 Å². The normalized spacial score (nSPS) is 11.2. The largest absolute Gasteiger partial charge is 0.449 e. The highest BCUT2D eigenvalue weighted by Gasteiger charge is 2.07. The van der Waals surface area contributed by atoms with E-state index in [0.717, 1.165) is 16.8 Å². The maximum Gasteiger partial charge on any atom is 0.427 e. The lowest BCUT2D eigenvalue weighted by Gasteiger charge is -2.07. The third-order valence-corrected chi connectivity index (χ3v) is 3.30. The van der Waals surface area contributed by atoms with Crippen molar-refractivity contribution in [2.45, 2.75) is 20.3 Å². The average Bonchev–Trinajstić information content (AvgIpc) is 2.57. The number of amides is 1. The summed E-state index contributed by atoms with van der Waals surface area (Å²) in [6.07, 6.45) is 0.0623. The summed E-state index contributed by atoms with van der Waals surface area (Å²) >= 11 is 0. The minimum atomic E-state index is -0.582. The molecule has 0 heterocycles. The summed E-state index contributed by atoms with van der Waals surface area (Å²) in [5.74, 6) is -0.256. The predicted octanol–water partition coefficient (Wildman–Crippen LogP) is 4.35. The van der Waals surface area contributed by atoms with Gasteiger partial charge in [0, 0.05) is 5.56 Å². The van der Waals surface area contributed by atoms with Crippen LogP contribution in [0.4, 0.5) is 9.18 Å². The third-order valence-electron chi connectivity index (χ3n) is 3.30. The molecule has 0 saturated carbocycles. The van der Waals surface area contributed by atoms with Crippen LogP contribution in [-0.2, 0) is 4.74 Å². The lowest BCUT2D eigenvalue weighted by Crippen LogP contribution is -2.20. The van der Waals surface area contributed by atoms with Crippen molar-refractivity contribution in [1.82, 2.24) is 5.43 Å². The second kappa shape index (κ2) is 8.08. The number of halogens is 1. The monoisotopic (exact) mass is 314 g/mol. The molecule has 5 heteroatoms. The van der Waals surface area contributed by atoms with E-state index in [9.17, 15) is 9.18 Å². The van der Waals surface area contributed by atoms with Crippen molar-refractivity contribution in [2.24, 2.45) is 5.10 Å². The van der Waals surface area contributed by atoms with Crippen molar-refractivity contribution in [3.8, 4) is 11.1 Å². The van der Waals surface area contributed by atoms with Crippen molar-refractivity contribution in [3.63, 3.8) is 0 Å². The van der Waals surface area contributed by atoms with Gasteiger partial charge in [0.25, 0.3) is 0 Å². The van der Waals surface area contributed by atoms with Gasteiger partial charge in [0.1, 0.15) is 5.82 Å². The van der Waals surface area contributed by atoms with Crippen molar-refractivity contribution in [2.75, 3.05) is 6.61 Å². The van der Waals surface area contributed by atoms with Gasteiger partial charge >= 0.3 is 6.09 Å².